The molecule has 0 spiro atoms. The average Bonchev–Trinajstić information content (AvgIpc) is 1.56. The number of hydrogen-bond acceptors (Lipinski definition) is 26. The summed E-state index contributed by atoms with van der Waals surface area (Å²) in [7, 11) is 0. The van der Waals surface area contributed by atoms with Gasteiger partial charge in [0.15, 0.2) is 28.5 Å². The quantitative estimate of drug-likeness (QED) is 0.0201. The minimum absolute atomic E-state index is 0.0976. The van der Waals surface area contributed by atoms with Gasteiger partial charge in [0.2, 0.25) is 23.1 Å². The monoisotopic (exact) mass is 2080 g/mol. The number of halogens is 13. The number of aliphatic hydroxyl groups is 5. The number of carbonyl (C=O) groups is 5. The lowest BCUT2D eigenvalue weighted by Gasteiger charge is -2.48. The van der Waals surface area contributed by atoms with Crippen molar-refractivity contribution in [1.82, 2.24) is 0 Å². The summed E-state index contributed by atoms with van der Waals surface area (Å²) in [5.74, 6) is -34.8. The molecule has 8 bridgehead atoms. The number of carbonyl (C=O) groups excluding carboxylic acids is 5. The van der Waals surface area contributed by atoms with Crippen LogP contribution < -0.4 is 0 Å². The predicted molar refractivity (Wildman–Crippen MR) is 494 cm³/mol. The van der Waals surface area contributed by atoms with Crippen molar-refractivity contribution < 1.29 is 182 Å². The van der Waals surface area contributed by atoms with Gasteiger partial charge in [0.1, 0.15) is 36.6 Å². The van der Waals surface area contributed by atoms with Crippen LogP contribution in [-0.4, -0.2) is 252 Å². The van der Waals surface area contributed by atoms with Crippen molar-refractivity contribution >= 4 is 29.8 Å². The molecule has 39 heteroatoms. The lowest BCUT2D eigenvalue weighted by molar-refractivity contribution is -0.407. The van der Waals surface area contributed by atoms with Crippen molar-refractivity contribution in [1.29, 1.82) is 0 Å². The molecule has 0 radical (unpaired) electrons. The molecule has 7 aliphatic heterocycles. The van der Waals surface area contributed by atoms with Crippen LogP contribution in [0.25, 0.3) is 0 Å². The second kappa shape index (κ2) is 41.2. The third-order valence-electron chi connectivity index (χ3n) is 35.5. The predicted octanol–water partition coefficient (Wildman–Crippen LogP) is 19.3. The second-order valence-electron chi connectivity index (χ2n) is 46.5. The maximum atomic E-state index is 15.0. The van der Waals surface area contributed by atoms with Crippen LogP contribution in [-0.2, 0) is 99.8 Å². The number of alkyl halides is 13. The Kier molecular flexibility index (Phi) is 33.5. The SMILES string of the molecule is C=C(C)C(=O)OC1CC2CC(C(C)(C)OC3(C)COC(C)(O)C3(F)F)C1O2.C=C(C)C(=O)OC1CC2CC1C(C(CC)(CC)OC1COC(O)(C(F)(F)F)C1(F)F)C2.C=C(C)C(=O)OC1CC2CC1CC2C(CC)(CC)OC1(C)COC(C)(O)C1(F)F.C=C(C)C(=O)OC1CC2CC1CC2C1(OC2(C)COC(C)(O)C2(F)F)CCCC1.C=C(C)C(=O)OC1CCC(C2(OC3(C)COC(C)(O)C3(F)F)CCCC2)CC1. The van der Waals surface area contributed by atoms with Gasteiger partial charge in [-0.25, -0.2) is 24.0 Å². The van der Waals surface area contributed by atoms with Gasteiger partial charge in [0.25, 0.3) is 0 Å². The molecule has 0 aromatic carbocycles. The zero-order valence-corrected chi connectivity index (χ0v) is 86.9. The van der Waals surface area contributed by atoms with Crippen molar-refractivity contribution in [2.45, 2.75) is 469 Å². The van der Waals surface area contributed by atoms with Crippen LogP contribution in [0.15, 0.2) is 60.8 Å². The maximum absolute atomic E-state index is 15.0. The molecule has 0 aromatic rings. The van der Waals surface area contributed by atoms with E-state index in [0.717, 1.165) is 137 Å². The van der Waals surface area contributed by atoms with Crippen LogP contribution in [0.3, 0.4) is 0 Å². The van der Waals surface area contributed by atoms with Crippen LogP contribution in [0.1, 0.15) is 305 Å². The minimum Gasteiger partial charge on any atom is -0.459 e. The Morgan fingerprint density at radius 3 is 1.16 bits per heavy atom. The van der Waals surface area contributed by atoms with Crippen LogP contribution in [0.5, 0.6) is 0 Å². The summed E-state index contributed by atoms with van der Waals surface area (Å²) in [4.78, 5) is 59.4. The highest BCUT2D eigenvalue weighted by Crippen LogP contribution is 2.66. The Hall–Kier alpha value is -5.50. The number of fused-ring (bicyclic) bond motifs is 8. The van der Waals surface area contributed by atoms with Crippen molar-refractivity contribution in [2.24, 2.45) is 65.1 Å². The zero-order valence-electron chi connectivity index (χ0n) is 86.9. The molecule has 26 atom stereocenters. The molecule has 16 aliphatic rings. The van der Waals surface area contributed by atoms with E-state index in [1.54, 1.807) is 55.4 Å². The average molecular weight is 2080 g/mol. The summed E-state index contributed by atoms with van der Waals surface area (Å²) >= 11 is 0. The third kappa shape index (κ3) is 21.2. The van der Waals surface area contributed by atoms with Gasteiger partial charge in [-0.1, -0.05) is 86.3 Å². The molecule has 26 nitrogen and oxygen atoms in total. The molecule has 26 unspecified atom stereocenters. The van der Waals surface area contributed by atoms with Gasteiger partial charge in [-0.3, -0.25) is 0 Å². The largest absolute Gasteiger partial charge is 0.459 e. The van der Waals surface area contributed by atoms with Gasteiger partial charge in [-0.05, 0) is 298 Å². The zero-order chi connectivity index (χ0) is 108. The highest BCUT2D eigenvalue weighted by molar-refractivity contribution is 5.89. The fourth-order valence-corrected chi connectivity index (χ4v) is 27.0. The number of esters is 5. The smallest absolute Gasteiger partial charge is 0.449 e. The van der Waals surface area contributed by atoms with E-state index in [1.807, 2.05) is 13.8 Å². The Morgan fingerprint density at radius 2 is 0.785 bits per heavy atom. The molecule has 16 fully saturated rings. The lowest BCUT2D eigenvalue weighted by atomic mass is 9.72. The minimum atomic E-state index is -5.68. The molecule has 0 aromatic heterocycles. The second-order valence-corrected chi connectivity index (χ2v) is 46.5. The first-order chi connectivity index (χ1) is 66.1. The van der Waals surface area contributed by atoms with Crippen molar-refractivity contribution in [2.75, 3.05) is 33.0 Å². The fourth-order valence-electron chi connectivity index (χ4n) is 27.0. The highest BCUT2D eigenvalue weighted by Gasteiger charge is 2.81. The fraction of sp³-hybridized carbons (Fsp3) is 0.857. The summed E-state index contributed by atoms with van der Waals surface area (Å²) < 4.78 is 276. The van der Waals surface area contributed by atoms with Gasteiger partial charge in [-0.15, -0.1) is 0 Å². The van der Waals surface area contributed by atoms with Gasteiger partial charge in [-0.2, -0.15) is 57.1 Å². The van der Waals surface area contributed by atoms with Crippen molar-refractivity contribution in [3.05, 3.63) is 60.8 Å². The van der Waals surface area contributed by atoms with E-state index in [4.69, 9.17) is 71.1 Å². The molecule has 16 rings (SSSR count). The molecule has 822 valence electrons. The lowest BCUT2D eigenvalue weighted by Crippen LogP contribution is -2.61. The van der Waals surface area contributed by atoms with Crippen molar-refractivity contribution in [3.63, 3.8) is 0 Å². The molecule has 144 heavy (non-hydrogen) atoms. The number of hydrogen-bond donors (Lipinski definition) is 5. The van der Waals surface area contributed by atoms with E-state index >= 15 is 0 Å². The van der Waals surface area contributed by atoms with Crippen LogP contribution >= 0.6 is 0 Å². The summed E-state index contributed by atoms with van der Waals surface area (Å²) in [6, 6.07) is 0. The van der Waals surface area contributed by atoms with E-state index < -0.39 is 165 Å². The van der Waals surface area contributed by atoms with E-state index in [-0.39, 0.29) is 140 Å². The Morgan fingerprint density at radius 1 is 0.396 bits per heavy atom. The normalized spacial score (nSPS) is 41.1. The topological polar surface area (TPSA) is 334 Å². The summed E-state index contributed by atoms with van der Waals surface area (Å²) in [5, 5.41) is 49.5. The molecule has 7 saturated heterocycles. The first-order valence-electron chi connectivity index (χ1n) is 51.3. The molecular formula is C105H155F13O26. The summed E-state index contributed by atoms with van der Waals surface area (Å²) in [6.07, 6.45) is 9.66. The molecule has 5 N–H and O–H groups in total. The highest BCUT2D eigenvalue weighted by atomic mass is 19.4. The van der Waals surface area contributed by atoms with Gasteiger partial charge in [0, 0.05) is 46.1 Å². The van der Waals surface area contributed by atoms with Crippen LogP contribution in [0, 0.1) is 65.1 Å². The summed E-state index contributed by atoms with van der Waals surface area (Å²) in [6.45, 7) is 43.4. The van der Waals surface area contributed by atoms with E-state index in [9.17, 15) is 107 Å². The maximum Gasteiger partial charge on any atom is 0.449 e. The summed E-state index contributed by atoms with van der Waals surface area (Å²) in [5.41, 5.74) is -10.2. The molecule has 0 amide bonds. The molecular weight excluding hydrogens is 1920 g/mol. The van der Waals surface area contributed by atoms with Gasteiger partial charge < -0.3 is 101 Å². The van der Waals surface area contributed by atoms with Crippen LogP contribution in [0.2, 0.25) is 0 Å². The molecule has 9 saturated carbocycles. The van der Waals surface area contributed by atoms with Crippen molar-refractivity contribution in [3.8, 4) is 0 Å². The third-order valence-corrected chi connectivity index (χ3v) is 35.5. The number of rotatable bonds is 29. The van der Waals surface area contributed by atoms with Gasteiger partial charge >= 0.3 is 71.4 Å². The van der Waals surface area contributed by atoms with Crippen LogP contribution in [0.4, 0.5) is 57.1 Å². The van der Waals surface area contributed by atoms with E-state index in [1.165, 1.54) is 34.6 Å². The Bertz CT molecular complexity index is 4580. The Labute approximate surface area is 836 Å². The van der Waals surface area contributed by atoms with Gasteiger partial charge in [0.05, 0.1) is 67.1 Å². The molecule has 7 heterocycles. The van der Waals surface area contributed by atoms with E-state index in [0.29, 0.717) is 79.6 Å². The number of ether oxygens (including phenoxy) is 16. The first kappa shape index (κ1) is 117. The first-order valence-corrected chi connectivity index (χ1v) is 51.3. The Balaban J connectivity index is 0.000000161. The standard InChI is InChI=1S/C22H32F2O5.C22H34F2O5.C21H29F5O5.C21H32F2O5.C19H28F2O6/c1-13(2)18(25)28-17-11-14-9-15(17)10-16(14)21(7-5-6-8-21)29-19(3)12-27-20(4,26)22(19,23)24;1-7-21(8-2,29-19(5)12-27-20(6,26)22(19,23)24)16-10-15-9-14(16)11-17(15)28-18(25)13(3)4;1-5-18(6-2,31-16-10-29-20(28,19(16,22)23)21(24,25)26)14-8-12-7-13(14)15(9-12)30-17(27)11(3)4;1-14(2)17(24)27-16-9-7-15(8-10-16)20(11-5-6-12-20)28-18(3)13-26-19(4,25)21(18,22)23;1-10(2)15(22)26-13-8-11-7-12(14(13)25-11)16(3,4)27-17(5)9-24-18(6,23)19(17,20)21/h14-17,26H,1,5-12H2,2-4H3;14-17,26H,3,7-12H2,1-2,4-6H3;12-16,28H,3,5-10H2,1-2,4H3;15-16,25H,1,5-13H2,2-4H3;11-14,23H,1,7-9H2,2-6H3. The van der Waals surface area contributed by atoms with E-state index in [2.05, 4.69) is 37.6 Å². The molecule has 9 aliphatic carbocycles.